The highest BCUT2D eigenvalue weighted by atomic mass is 16.3. The summed E-state index contributed by atoms with van der Waals surface area (Å²) in [5.74, 6) is 2.34. The first-order valence-electron chi connectivity index (χ1n) is 10.5. The predicted octanol–water partition coefficient (Wildman–Crippen LogP) is 2.40. The molecular weight excluding hydrogens is 366 g/mol. The average Bonchev–Trinajstić information content (AvgIpc) is 3.27. The van der Waals surface area contributed by atoms with Crippen LogP contribution >= 0.6 is 0 Å². The van der Waals surface area contributed by atoms with Crippen molar-refractivity contribution in [3.8, 4) is 0 Å². The van der Waals surface area contributed by atoms with Crippen molar-refractivity contribution in [3.63, 3.8) is 0 Å². The van der Waals surface area contributed by atoms with Gasteiger partial charge in [0, 0.05) is 37.8 Å². The van der Waals surface area contributed by atoms with Crippen LogP contribution in [0, 0.1) is 5.92 Å². The monoisotopic (exact) mass is 395 g/mol. The van der Waals surface area contributed by atoms with Gasteiger partial charge in [-0.1, -0.05) is 18.2 Å². The molecule has 1 unspecified atom stereocenters. The fourth-order valence-corrected chi connectivity index (χ4v) is 4.28. The van der Waals surface area contributed by atoms with E-state index in [-0.39, 0.29) is 18.6 Å². The Kier molecular flexibility index (Phi) is 6.24. The highest BCUT2D eigenvalue weighted by Crippen LogP contribution is 2.25. The molecular formula is C22H29N5O2. The summed E-state index contributed by atoms with van der Waals surface area (Å²) in [4.78, 5) is 25.4. The topological polar surface area (TPSA) is 81.6 Å². The molecule has 7 heteroatoms. The van der Waals surface area contributed by atoms with Crippen LogP contribution in [0.2, 0.25) is 0 Å². The Bertz CT molecular complexity index is 808. The van der Waals surface area contributed by atoms with Crippen LogP contribution in [0.4, 0.5) is 11.6 Å². The Balaban J connectivity index is 1.28. The van der Waals surface area contributed by atoms with Crippen LogP contribution in [0.1, 0.15) is 36.0 Å². The van der Waals surface area contributed by atoms with Gasteiger partial charge in [0.15, 0.2) is 0 Å². The molecule has 2 N–H and O–H groups in total. The van der Waals surface area contributed by atoms with Crippen molar-refractivity contribution >= 4 is 17.5 Å². The van der Waals surface area contributed by atoms with Gasteiger partial charge in [-0.05, 0) is 43.7 Å². The third-order valence-electron chi connectivity index (χ3n) is 6.03. The van der Waals surface area contributed by atoms with Gasteiger partial charge in [0.2, 0.25) is 0 Å². The summed E-state index contributed by atoms with van der Waals surface area (Å²) >= 11 is 0. The summed E-state index contributed by atoms with van der Waals surface area (Å²) in [6.45, 7) is 3.51. The fourth-order valence-electron chi connectivity index (χ4n) is 4.28. The molecule has 2 aliphatic heterocycles. The SMILES string of the molecule is O=C(c1ccccc1)N1CCC(CNc2cc(N3CCCC3CO)ncn2)CC1. The number of piperidine rings is 1. The highest BCUT2D eigenvalue weighted by molar-refractivity contribution is 5.94. The number of carbonyl (C=O) groups is 1. The number of benzene rings is 1. The van der Waals surface area contributed by atoms with Gasteiger partial charge < -0.3 is 20.2 Å². The fraction of sp³-hybridized carbons (Fsp3) is 0.500. The molecule has 0 spiro atoms. The Hall–Kier alpha value is -2.67. The molecule has 4 rings (SSSR count). The molecule has 0 bridgehead atoms. The van der Waals surface area contributed by atoms with Crippen molar-refractivity contribution in [1.29, 1.82) is 0 Å². The van der Waals surface area contributed by atoms with Crippen LogP contribution in [-0.4, -0.2) is 64.7 Å². The molecule has 1 atom stereocenters. The Labute approximate surface area is 171 Å². The van der Waals surface area contributed by atoms with Gasteiger partial charge in [-0.15, -0.1) is 0 Å². The first-order chi connectivity index (χ1) is 14.2. The minimum atomic E-state index is 0.126. The van der Waals surface area contributed by atoms with Gasteiger partial charge in [0.1, 0.15) is 18.0 Å². The van der Waals surface area contributed by atoms with Crippen LogP contribution in [0.3, 0.4) is 0 Å². The molecule has 1 aromatic heterocycles. The molecule has 3 heterocycles. The maximum Gasteiger partial charge on any atom is 0.253 e. The predicted molar refractivity (Wildman–Crippen MR) is 113 cm³/mol. The van der Waals surface area contributed by atoms with Crippen LogP contribution in [0.5, 0.6) is 0 Å². The van der Waals surface area contributed by atoms with E-state index in [0.717, 1.165) is 69.1 Å². The van der Waals surface area contributed by atoms with Gasteiger partial charge in [-0.3, -0.25) is 4.79 Å². The summed E-state index contributed by atoms with van der Waals surface area (Å²) in [6, 6.07) is 11.6. The average molecular weight is 396 g/mol. The third-order valence-corrected chi connectivity index (χ3v) is 6.03. The van der Waals surface area contributed by atoms with Gasteiger partial charge in [0.05, 0.1) is 12.6 Å². The largest absolute Gasteiger partial charge is 0.394 e. The third kappa shape index (κ3) is 4.67. The molecule has 2 fully saturated rings. The maximum atomic E-state index is 12.6. The first-order valence-corrected chi connectivity index (χ1v) is 10.5. The van der Waals surface area contributed by atoms with Gasteiger partial charge in [-0.25, -0.2) is 9.97 Å². The van der Waals surface area contributed by atoms with E-state index in [4.69, 9.17) is 0 Å². The van der Waals surface area contributed by atoms with E-state index in [1.165, 1.54) is 0 Å². The number of aliphatic hydroxyl groups is 1. The number of nitrogens with one attached hydrogen (secondary N) is 1. The van der Waals surface area contributed by atoms with Crippen molar-refractivity contribution in [2.24, 2.45) is 5.92 Å². The molecule has 7 nitrogen and oxygen atoms in total. The molecule has 154 valence electrons. The summed E-state index contributed by atoms with van der Waals surface area (Å²) in [5.41, 5.74) is 0.765. The number of rotatable bonds is 6. The number of anilines is 2. The second-order valence-electron chi connectivity index (χ2n) is 7.92. The molecule has 2 aromatic rings. The molecule has 2 aliphatic rings. The van der Waals surface area contributed by atoms with Crippen LogP contribution in [0.15, 0.2) is 42.7 Å². The van der Waals surface area contributed by atoms with Gasteiger partial charge in [0.25, 0.3) is 5.91 Å². The van der Waals surface area contributed by atoms with E-state index in [1.54, 1.807) is 6.33 Å². The van der Waals surface area contributed by atoms with E-state index in [2.05, 4.69) is 20.2 Å². The first kappa shape index (κ1) is 19.6. The van der Waals surface area contributed by atoms with Crippen molar-refractivity contribution in [2.45, 2.75) is 31.7 Å². The minimum absolute atomic E-state index is 0.126. The lowest BCUT2D eigenvalue weighted by Gasteiger charge is -2.32. The van der Waals surface area contributed by atoms with E-state index in [1.807, 2.05) is 41.3 Å². The van der Waals surface area contributed by atoms with Crippen molar-refractivity contribution in [1.82, 2.24) is 14.9 Å². The lowest BCUT2D eigenvalue weighted by Crippen LogP contribution is -2.39. The molecule has 0 radical (unpaired) electrons. The normalized spacial score (nSPS) is 20.1. The quantitative estimate of drug-likeness (QED) is 0.782. The van der Waals surface area contributed by atoms with Crippen LogP contribution in [-0.2, 0) is 0 Å². The number of hydrogen-bond acceptors (Lipinski definition) is 6. The summed E-state index contributed by atoms with van der Waals surface area (Å²) in [6.07, 6.45) is 5.65. The number of nitrogens with zero attached hydrogens (tertiary/aromatic N) is 4. The molecule has 2 saturated heterocycles. The minimum Gasteiger partial charge on any atom is -0.394 e. The van der Waals surface area contributed by atoms with E-state index >= 15 is 0 Å². The summed E-state index contributed by atoms with van der Waals surface area (Å²) < 4.78 is 0. The number of aliphatic hydroxyl groups excluding tert-OH is 1. The second-order valence-corrected chi connectivity index (χ2v) is 7.92. The summed E-state index contributed by atoms with van der Waals surface area (Å²) in [5, 5.41) is 13.0. The highest BCUT2D eigenvalue weighted by Gasteiger charge is 2.26. The van der Waals surface area contributed by atoms with Gasteiger partial charge in [-0.2, -0.15) is 0 Å². The smallest absolute Gasteiger partial charge is 0.253 e. The molecule has 1 aromatic carbocycles. The number of amides is 1. The number of hydrogen-bond donors (Lipinski definition) is 2. The molecule has 1 amide bonds. The number of carbonyl (C=O) groups excluding carboxylic acids is 1. The van der Waals surface area contributed by atoms with E-state index in [0.29, 0.717) is 5.92 Å². The standard InChI is InChI=1S/C22H29N5O2/c28-15-19-7-4-10-27(19)21-13-20(24-16-25-21)23-14-17-8-11-26(12-9-17)22(29)18-5-2-1-3-6-18/h1-3,5-6,13,16-17,19,28H,4,7-12,14-15H2,(H,23,24,25). The van der Waals surface area contributed by atoms with Crippen molar-refractivity contribution in [3.05, 3.63) is 48.3 Å². The zero-order chi connectivity index (χ0) is 20.1. The number of likely N-dealkylation sites (tertiary alicyclic amines) is 1. The lowest BCUT2D eigenvalue weighted by molar-refractivity contribution is 0.0695. The summed E-state index contributed by atoms with van der Waals surface area (Å²) in [7, 11) is 0. The zero-order valence-electron chi connectivity index (χ0n) is 16.7. The number of aromatic nitrogens is 2. The maximum absolute atomic E-state index is 12.6. The van der Waals surface area contributed by atoms with Crippen molar-refractivity contribution in [2.75, 3.05) is 43.0 Å². The molecule has 0 saturated carbocycles. The Morgan fingerprint density at radius 1 is 1.10 bits per heavy atom. The lowest BCUT2D eigenvalue weighted by atomic mass is 9.96. The van der Waals surface area contributed by atoms with Crippen LogP contribution in [0.25, 0.3) is 0 Å². The molecule has 0 aliphatic carbocycles. The van der Waals surface area contributed by atoms with E-state index < -0.39 is 0 Å². The second kappa shape index (κ2) is 9.22. The zero-order valence-corrected chi connectivity index (χ0v) is 16.7. The molecule has 29 heavy (non-hydrogen) atoms. The van der Waals surface area contributed by atoms with Crippen LogP contribution < -0.4 is 10.2 Å². The van der Waals surface area contributed by atoms with E-state index in [9.17, 15) is 9.90 Å². The Morgan fingerprint density at radius 3 is 2.66 bits per heavy atom. The van der Waals surface area contributed by atoms with Crippen molar-refractivity contribution < 1.29 is 9.90 Å². The van der Waals surface area contributed by atoms with Gasteiger partial charge >= 0.3 is 0 Å². The Morgan fingerprint density at radius 2 is 1.90 bits per heavy atom.